The van der Waals surface area contributed by atoms with Gasteiger partial charge in [-0.3, -0.25) is 9.59 Å². The van der Waals surface area contributed by atoms with Crippen molar-refractivity contribution in [3.05, 3.63) is 48.6 Å². The first-order chi connectivity index (χ1) is 13.1. The maximum atomic E-state index is 11.6. The van der Waals surface area contributed by atoms with Crippen molar-refractivity contribution >= 4 is 11.8 Å². The maximum Gasteiger partial charge on any atom is 0.243 e. The van der Waals surface area contributed by atoms with Crippen LogP contribution in [0.3, 0.4) is 0 Å². The summed E-state index contributed by atoms with van der Waals surface area (Å²) in [7, 11) is 0. The zero-order chi connectivity index (χ0) is 20.9. The molecule has 2 atom stereocenters. The topological polar surface area (TPSA) is 58.2 Å². The molecule has 0 bridgehead atoms. The third-order valence-corrected chi connectivity index (χ3v) is 6.40. The summed E-state index contributed by atoms with van der Waals surface area (Å²) in [6.45, 7) is 16.3. The summed E-state index contributed by atoms with van der Waals surface area (Å²) >= 11 is 0. The Morgan fingerprint density at radius 3 is 2.21 bits per heavy atom. The molecule has 2 unspecified atom stereocenters. The Hall–Kier alpha value is -2.10. The first-order valence-corrected chi connectivity index (χ1v) is 10.3. The third-order valence-electron chi connectivity index (χ3n) is 6.40. The molecule has 0 saturated carbocycles. The van der Waals surface area contributed by atoms with Crippen LogP contribution >= 0.6 is 0 Å². The van der Waals surface area contributed by atoms with E-state index in [0.717, 1.165) is 38.5 Å². The molecule has 0 saturated heterocycles. The lowest BCUT2D eigenvalue weighted by Gasteiger charge is -2.34. The number of hydrogen-bond acceptors (Lipinski definition) is 2. The molecule has 4 nitrogen and oxygen atoms in total. The van der Waals surface area contributed by atoms with E-state index in [1.165, 1.54) is 23.3 Å². The van der Waals surface area contributed by atoms with Crippen molar-refractivity contribution < 1.29 is 9.59 Å². The summed E-state index contributed by atoms with van der Waals surface area (Å²) in [5.74, 6) is -0.197. The Bertz CT molecular complexity index is 697. The van der Waals surface area contributed by atoms with Crippen molar-refractivity contribution in [2.75, 3.05) is 0 Å². The Kier molecular flexibility index (Phi) is 7.08. The standard InChI is InChI=1S/C24H36N2O2/c1-7-21(27)25-19-11-9-17(15-19)23(3,4)13-14-24(5,6)18-10-12-20(16-18)26-22(28)8-2/h7-9,16,19-20H,1-2,10-15H2,3-6H3,(H,25,27)(H,26,28). The van der Waals surface area contributed by atoms with E-state index in [0.29, 0.717) is 0 Å². The van der Waals surface area contributed by atoms with Crippen LogP contribution in [0.1, 0.15) is 66.2 Å². The average Bonchev–Trinajstić information content (AvgIpc) is 3.30. The average molecular weight is 385 g/mol. The zero-order valence-corrected chi connectivity index (χ0v) is 17.9. The second-order valence-electron chi connectivity index (χ2n) is 9.40. The molecule has 0 aromatic rings. The van der Waals surface area contributed by atoms with Gasteiger partial charge in [0.15, 0.2) is 0 Å². The molecule has 28 heavy (non-hydrogen) atoms. The van der Waals surface area contributed by atoms with E-state index in [-0.39, 0.29) is 34.7 Å². The molecular weight excluding hydrogens is 348 g/mol. The van der Waals surface area contributed by atoms with Crippen molar-refractivity contribution in [3.8, 4) is 0 Å². The number of allylic oxidation sites excluding steroid dienone is 1. The second kappa shape index (κ2) is 8.93. The Labute approximate surface area is 170 Å². The lowest BCUT2D eigenvalue weighted by Crippen LogP contribution is -2.32. The molecule has 2 rings (SSSR count). The van der Waals surface area contributed by atoms with Crippen LogP contribution in [0.25, 0.3) is 0 Å². The van der Waals surface area contributed by atoms with Crippen LogP contribution in [-0.2, 0) is 9.59 Å². The van der Waals surface area contributed by atoms with E-state index < -0.39 is 0 Å². The molecule has 2 aliphatic carbocycles. The van der Waals surface area contributed by atoms with Crippen LogP contribution in [0.4, 0.5) is 0 Å². The molecule has 4 heteroatoms. The summed E-state index contributed by atoms with van der Waals surface area (Å²) < 4.78 is 0. The fourth-order valence-corrected chi connectivity index (χ4v) is 4.23. The normalized spacial score (nSPS) is 22.3. The van der Waals surface area contributed by atoms with Gasteiger partial charge >= 0.3 is 0 Å². The van der Waals surface area contributed by atoms with Crippen LogP contribution in [0, 0.1) is 10.8 Å². The third kappa shape index (κ3) is 5.70. The molecule has 0 radical (unpaired) electrons. The van der Waals surface area contributed by atoms with Gasteiger partial charge in [-0.05, 0) is 61.5 Å². The van der Waals surface area contributed by atoms with Gasteiger partial charge in [0.25, 0.3) is 0 Å². The molecule has 0 heterocycles. The largest absolute Gasteiger partial charge is 0.349 e. The maximum absolute atomic E-state index is 11.6. The number of nitrogens with one attached hydrogen (secondary N) is 2. The molecule has 0 spiro atoms. The van der Waals surface area contributed by atoms with E-state index in [4.69, 9.17) is 0 Å². The Morgan fingerprint density at radius 2 is 1.61 bits per heavy atom. The minimum atomic E-state index is -0.104. The van der Waals surface area contributed by atoms with Crippen molar-refractivity contribution in [3.63, 3.8) is 0 Å². The smallest absolute Gasteiger partial charge is 0.243 e. The minimum absolute atomic E-state index is 0.0927. The summed E-state index contributed by atoms with van der Waals surface area (Å²) in [6, 6.07) is 0.319. The van der Waals surface area contributed by atoms with Gasteiger partial charge in [-0.2, -0.15) is 0 Å². The van der Waals surface area contributed by atoms with E-state index >= 15 is 0 Å². The van der Waals surface area contributed by atoms with Gasteiger partial charge < -0.3 is 10.6 Å². The summed E-state index contributed by atoms with van der Waals surface area (Å²) in [5.41, 5.74) is 3.10. The van der Waals surface area contributed by atoms with Gasteiger partial charge in [0.1, 0.15) is 0 Å². The monoisotopic (exact) mass is 384 g/mol. The summed E-state index contributed by atoms with van der Waals surface area (Å²) in [4.78, 5) is 23.1. The molecule has 0 aromatic heterocycles. The molecule has 2 N–H and O–H groups in total. The number of hydrogen-bond donors (Lipinski definition) is 2. The SMILES string of the molecule is C=CC(=O)NC1C=C(C(C)(C)CCC(C)(C)C2=CCC(NC(=O)C=C)C2)CC1. The van der Waals surface area contributed by atoms with E-state index in [1.807, 2.05) is 0 Å². The molecule has 0 aliphatic heterocycles. The van der Waals surface area contributed by atoms with Gasteiger partial charge in [-0.25, -0.2) is 0 Å². The molecular formula is C24H36N2O2. The lowest BCUT2D eigenvalue weighted by molar-refractivity contribution is -0.117. The number of carbonyl (C=O) groups is 2. The van der Waals surface area contributed by atoms with Gasteiger partial charge in [0.05, 0.1) is 0 Å². The highest BCUT2D eigenvalue weighted by molar-refractivity contribution is 5.87. The van der Waals surface area contributed by atoms with Crippen molar-refractivity contribution in [2.24, 2.45) is 10.8 Å². The highest BCUT2D eigenvalue weighted by Gasteiger charge is 2.34. The number of amides is 2. The van der Waals surface area contributed by atoms with Crippen LogP contribution in [0.5, 0.6) is 0 Å². The van der Waals surface area contributed by atoms with Gasteiger partial charge in [-0.1, -0.05) is 64.2 Å². The molecule has 0 aromatic carbocycles. The van der Waals surface area contributed by atoms with E-state index in [2.05, 4.69) is 63.6 Å². The zero-order valence-electron chi connectivity index (χ0n) is 17.9. The Balaban J connectivity index is 1.91. The fraction of sp³-hybridized carbons (Fsp3) is 0.583. The molecule has 154 valence electrons. The summed E-state index contributed by atoms with van der Waals surface area (Å²) in [6.07, 6.45) is 13.2. The van der Waals surface area contributed by atoms with Gasteiger partial charge in [-0.15, -0.1) is 0 Å². The van der Waals surface area contributed by atoms with E-state index in [1.54, 1.807) is 0 Å². The first kappa shape index (κ1) is 22.2. The second-order valence-corrected chi connectivity index (χ2v) is 9.40. The molecule has 0 fully saturated rings. The predicted octanol–water partition coefficient (Wildman–Crippen LogP) is 4.60. The van der Waals surface area contributed by atoms with Gasteiger partial charge in [0, 0.05) is 12.1 Å². The molecule has 2 aliphatic rings. The van der Waals surface area contributed by atoms with Crippen molar-refractivity contribution in [1.82, 2.24) is 10.6 Å². The predicted molar refractivity (Wildman–Crippen MR) is 116 cm³/mol. The highest BCUT2D eigenvalue weighted by Crippen LogP contribution is 2.45. The van der Waals surface area contributed by atoms with Gasteiger partial charge in [0.2, 0.25) is 11.8 Å². The van der Waals surface area contributed by atoms with Crippen LogP contribution < -0.4 is 10.6 Å². The van der Waals surface area contributed by atoms with E-state index in [9.17, 15) is 9.59 Å². The van der Waals surface area contributed by atoms with Crippen LogP contribution in [0.2, 0.25) is 0 Å². The van der Waals surface area contributed by atoms with Crippen LogP contribution in [-0.4, -0.2) is 23.9 Å². The van der Waals surface area contributed by atoms with Crippen molar-refractivity contribution in [1.29, 1.82) is 0 Å². The Morgan fingerprint density at radius 1 is 1.04 bits per heavy atom. The number of rotatable bonds is 9. The molecule has 2 amide bonds. The minimum Gasteiger partial charge on any atom is -0.349 e. The first-order valence-electron chi connectivity index (χ1n) is 10.3. The number of carbonyl (C=O) groups excluding carboxylic acids is 2. The quantitative estimate of drug-likeness (QED) is 0.451. The fourth-order valence-electron chi connectivity index (χ4n) is 4.23. The summed E-state index contributed by atoms with van der Waals surface area (Å²) in [5, 5.41) is 6.00. The lowest BCUT2D eigenvalue weighted by atomic mass is 9.72. The highest BCUT2D eigenvalue weighted by atomic mass is 16.2. The van der Waals surface area contributed by atoms with Crippen LogP contribution in [0.15, 0.2) is 48.6 Å². The van der Waals surface area contributed by atoms with Crippen molar-refractivity contribution in [2.45, 2.75) is 78.3 Å².